The molecule has 4 aliphatic rings. The molecule has 2 saturated carbocycles. The Labute approximate surface area is 161 Å². The van der Waals surface area contributed by atoms with Gasteiger partial charge >= 0.3 is 0 Å². The van der Waals surface area contributed by atoms with Crippen LogP contribution in [0.15, 0.2) is 23.8 Å². The van der Waals surface area contributed by atoms with Gasteiger partial charge in [0.1, 0.15) is 12.2 Å². The maximum atomic E-state index is 12.8. The third-order valence-electron chi connectivity index (χ3n) is 8.38. The quantitative estimate of drug-likeness (QED) is 0.519. The lowest BCUT2D eigenvalue weighted by Gasteiger charge is -2.59. The number of carbonyl (C=O) groups is 1. The van der Waals surface area contributed by atoms with Gasteiger partial charge in [-0.1, -0.05) is 32.9 Å². The van der Waals surface area contributed by atoms with Crippen LogP contribution in [0.1, 0.15) is 52.9 Å². The fourth-order valence-electron chi connectivity index (χ4n) is 6.53. The summed E-state index contributed by atoms with van der Waals surface area (Å²) in [5, 5.41) is 30.4. The smallest absolute Gasteiger partial charge is 0.190 e. The number of aliphatic hydroxyl groups is 3. The molecule has 1 aliphatic heterocycles. The normalized spacial score (nSPS) is 48.5. The molecule has 0 unspecified atom stereocenters. The van der Waals surface area contributed by atoms with Gasteiger partial charge in [-0.3, -0.25) is 4.79 Å². The molecule has 3 fully saturated rings. The molecule has 27 heavy (non-hydrogen) atoms. The van der Waals surface area contributed by atoms with Gasteiger partial charge in [0.15, 0.2) is 11.4 Å². The number of fused-ring (bicyclic) bond motifs is 2. The molecule has 0 aromatic rings. The van der Waals surface area contributed by atoms with Gasteiger partial charge in [-0.05, 0) is 66.4 Å². The van der Waals surface area contributed by atoms with Gasteiger partial charge in [-0.15, -0.1) is 0 Å². The summed E-state index contributed by atoms with van der Waals surface area (Å²) in [6.07, 6.45) is 3.68. The molecule has 0 bridgehead atoms. The molecule has 5 heteroatoms. The van der Waals surface area contributed by atoms with Crippen LogP contribution in [0.4, 0.5) is 0 Å². The molecule has 0 aromatic carbocycles. The molecule has 0 spiro atoms. The summed E-state index contributed by atoms with van der Waals surface area (Å²) < 4.78 is 5.82. The molecule has 0 amide bonds. The van der Waals surface area contributed by atoms with Crippen molar-refractivity contribution < 1.29 is 24.9 Å². The third-order valence-corrected chi connectivity index (χ3v) is 8.38. The molecule has 5 nitrogen and oxygen atoms in total. The van der Waals surface area contributed by atoms with E-state index in [-0.39, 0.29) is 35.2 Å². The van der Waals surface area contributed by atoms with E-state index in [1.165, 1.54) is 6.08 Å². The van der Waals surface area contributed by atoms with E-state index in [1.807, 2.05) is 0 Å². The van der Waals surface area contributed by atoms with Gasteiger partial charge < -0.3 is 20.1 Å². The van der Waals surface area contributed by atoms with Crippen LogP contribution >= 0.6 is 0 Å². The van der Waals surface area contributed by atoms with Crippen LogP contribution in [-0.2, 0) is 9.53 Å². The molecular formula is C22H32O5. The second-order valence-electron chi connectivity index (χ2n) is 10.0. The largest absolute Gasteiger partial charge is 0.393 e. The molecule has 3 aliphatic carbocycles. The van der Waals surface area contributed by atoms with E-state index >= 15 is 0 Å². The van der Waals surface area contributed by atoms with Crippen molar-refractivity contribution in [1.82, 2.24) is 0 Å². The zero-order chi connectivity index (χ0) is 19.8. The lowest BCUT2D eigenvalue weighted by atomic mass is 9.46. The van der Waals surface area contributed by atoms with E-state index in [9.17, 15) is 20.1 Å². The minimum atomic E-state index is -0.975. The van der Waals surface area contributed by atoms with E-state index in [0.29, 0.717) is 17.9 Å². The summed E-state index contributed by atoms with van der Waals surface area (Å²) in [5.74, 6) is 0.328. The third kappa shape index (κ3) is 2.55. The van der Waals surface area contributed by atoms with Crippen molar-refractivity contribution in [2.24, 2.45) is 22.7 Å². The van der Waals surface area contributed by atoms with Gasteiger partial charge in [0.25, 0.3) is 0 Å². The van der Waals surface area contributed by atoms with Gasteiger partial charge in [0, 0.05) is 0 Å². The summed E-state index contributed by atoms with van der Waals surface area (Å²) in [6.45, 7) is 10.6. The standard InChI is InChI=1S/C22H32O5/c1-12-5-6-15-20(2,3)16(24)7-8-21(15,4)14(12)10-22-17(25)9-13(11-23)18(26)19(22)27-22/h9,14-16,18-19,23-24,26H,1,5-8,10-11H2,2-4H3/t14-,15-,16-,18+,19-,21+,22+/m0/s1. The Kier molecular flexibility index (Phi) is 4.29. The maximum absolute atomic E-state index is 12.8. The maximum Gasteiger partial charge on any atom is 0.190 e. The summed E-state index contributed by atoms with van der Waals surface area (Å²) in [5.41, 5.74) is 0.301. The van der Waals surface area contributed by atoms with E-state index in [2.05, 4.69) is 27.4 Å². The summed E-state index contributed by atoms with van der Waals surface area (Å²) in [6, 6.07) is 0. The molecule has 0 radical (unpaired) electrons. The summed E-state index contributed by atoms with van der Waals surface area (Å²) in [4.78, 5) is 12.8. The number of ketones is 1. The first kappa shape index (κ1) is 19.3. The monoisotopic (exact) mass is 376 g/mol. The van der Waals surface area contributed by atoms with Crippen LogP contribution in [0.5, 0.6) is 0 Å². The van der Waals surface area contributed by atoms with Gasteiger partial charge in [-0.25, -0.2) is 0 Å². The SMILES string of the molecule is C=C1CC[C@H]2C(C)(C)[C@@H](O)CC[C@]2(C)[C@H]1C[C@]12O[C@H]1[C@H](O)C(CO)=CC2=O. The van der Waals surface area contributed by atoms with Crippen molar-refractivity contribution in [3.63, 3.8) is 0 Å². The predicted molar refractivity (Wildman–Crippen MR) is 101 cm³/mol. The van der Waals surface area contributed by atoms with Crippen LogP contribution < -0.4 is 0 Å². The first-order valence-corrected chi connectivity index (χ1v) is 10.2. The zero-order valence-electron chi connectivity index (χ0n) is 16.6. The first-order valence-electron chi connectivity index (χ1n) is 10.2. The van der Waals surface area contributed by atoms with Crippen LogP contribution in [0, 0.1) is 22.7 Å². The average molecular weight is 376 g/mol. The van der Waals surface area contributed by atoms with Crippen LogP contribution in [0.3, 0.4) is 0 Å². The van der Waals surface area contributed by atoms with Crippen LogP contribution in [0.25, 0.3) is 0 Å². The zero-order valence-corrected chi connectivity index (χ0v) is 16.6. The van der Waals surface area contributed by atoms with E-state index in [4.69, 9.17) is 4.74 Å². The van der Waals surface area contributed by atoms with Crippen molar-refractivity contribution in [3.05, 3.63) is 23.8 Å². The van der Waals surface area contributed by atoms with Crippen LogP contribution in [0.2, 0.25) is 0 Å². The van der Waals surface area contributed by atoms with Crippen LogP contribution in [-0.4, -0.2) is 51.6 Å². The predicted octanol–water partition coefficient (Wildman–Crippen LogP) is 2.15. The van der Waals surface area contributed by atoms with Crippen molar-refractivity contribution in [1.29, 1.82) is 0 Å². The van der Waals surface area contributed by atoms with E-state index < -0.39 is 17.8 Å². The number of rotatable bonds is 3. The van der Waals surface area contributed by atoms with Crippen molar-refractivity contribution in [2.45, 2.75) is 76.8 Å². The van der Waals surface area contributed by atoms with Crippen molar-refractivity contribution >= 4 is 5.78 Å². The number of hydrogen-bond acceptors (Lipinski definition) is 5. The van der Waals surface area contributed by atoms with Gasteiger partial charge in [0.2, 0.25) is 0 Å². The second kappa shape index (κ2) is 5.99. The average Bonchev–Trinajstić information content (AvgIpc) is 3.35. The fourth-order valence-corrected chi connectivity index (χ4v) is 6.53. The Balaban J connectivity index is 1.65. The highest BCUT2D eigenvalue weighted by Gasteiger charge is 2.69. The molecule has 3 N–H and O–H groups in total. The molecule has 0 aromatic heterocycles. The highest BCUT2D eigenvalue weighted by molar-refractivity contribution is 6.02. The molecule has 150 valence electrons. The molecule has 1 saturated heterocycles. The van der Waals surface area contributed by atoms with Crippen molar-refractivity contribution in [2.75, 3.05) is 6.61 Å². The number of carbonyl (C=O) groups excluding carboxylic acids is 1. The highest BCUT2D eigenvalue weighted by Crippen LogP contribution is 2.64. The first-order chi connectivity index (χ1) is 12.6. The summed E-state index contributed by atoms with van der Waals surface area (Å²) in [7, 11) is 0. The Morgan fingerprint density at radius 3 is 2.63 bits per heavy atom. The topological polar surface area (TPSA) is 90.3 Å². The fraction of sp³-hybridized carbons (Fsp3) is 0.773. The minimum Gasteiger partial charge on any atom is -0.393 e. The lowest BCUT2D eigenvalue weighted by molar-refractivity contribution is -0.132. The Hall–Kier alpha value is -1.01. The van der Waals surface area contributed by atoms with Gasteiger partial charge in [0.05, 0.1) is 12.7 Å². The summed E-state index contributed by atoms with van der Waals surface area (Å²) >= 11 is 0. The minimum absolute atomic E-state index is 0.0461. The number of aliphatic hydroxyl groups excluding tert-OH is 3. The Bertz CT molecular complexity index is 709. The van der Waals surface area contributed by atoms with E-state index in [0.717, 1.165) is 31.3 Å². The Morgan fingerprint density at radius 2 is 1.96 bits per heavy atom. The molecule has 7 atom stereocenters. The molecular weight excluding hydrogens is 344 g/mol. The number of ether oxygens (including phenoxy) is 1. The highest BCUT2D eigenvalue weighted by atomic mass is 16.6. The van der Waals surface area contributed by atoms with Crippen molar-refractivity contribution in [3.8, 4) is 0 Å². The molecule has 4 rings (SSSR count). The number of hydrogen-bond donors (Lipinski definition) is 3. The number of allylic oxidation sites excluding steroid dienone is 1. The van der Waals surface area contributed by atoms with E-state index in [1.54, 1.807) is 0 Å². The Morgan fingerprint density at radius 1 is 1.26 bits per heavy atom. The van der Waals surface area contributed by atoms with Gasteiger partial charge in [-0.2, -0.15) is 0 Å². The number of epoxide rings is 1. The second-order valence-corrected chi connectivity index (χ2v) is 10.0. The molecule has 1 heterocycles. The lowest BCUT2D eigenvalue weighted by Crippen LogP contribution is -2.56.